The maximum absolute atomic E-state index is 13.0. The second kappa shape index (κ2) is 9.35. The normalized spacial score (nSPS) is 17.2. The van der Waals surface area contributed by atoms with Crippen molar-refractivity contribution in [1.29, 1.82) is 0 Å². The molecule has 1 saturated carbocycles. The Morgan fingerprint density at radius 1 is 1.00 bits per heavy atom. The van der Waals surface area contributed by atoms with Crippen LogP contribution in [0.15, 0.2) is 59.3 Å². The molecule has 166 valence electrons. The van der Waals surface area contributed by atoms with Crippen LogP contribution in [0.5, 0.6) is 0 Å². The molecule has 2 aromatic rings. The summed E-state index contributed by atoms with van der Waals surface area (Å²) in [5.74, 6) is -1.34. The fraction of sp³-hybridized carbons (Fsp3) is 0.292. The zero-order chi connectivity index (χ0) is 22.8. The van der Waals surface area contributed by atoms with Gasteiger partial charge in [-0.2, -0.15) is 0 Å². The van der Waals surface area contributed by atoms with Gasteiger partial charge in [0.05, 0.1) is 10.7 Å². The van der Waals surface area contributed by atoms with Crippen molar-refractivity contribution >= 4 is 52.3 Å². The Hall–Kier alpha value is -2.83. The molecule has 6 nitrogen and oxygen atoms in total. The molecule has 2 aromatic carbocycles. The topological polar surface area (TPSA) is 69.7 Å². The summed E-state index contributed by atoms with van der Waals surface area (Å²) in [7, 11) is 1.83. The van der Waals surface area contributed by atoms with Gasteiger partial charge in [0.1, 0.15) is 10.7 Å². The van der Waals surface area contributed by atoms with Gasteiger partial charge in [0.25, 0.3) is 17.7 Å². The summed E-state index contributed by atoms with van der Waals surface area (Å²) in [6, 6.07) is 13.6. The number of carbonyl (C=O) groups is 3. The Bertz CT molecular complexity index is 1110. The van der Waals surface area contributed by atoms with E-state index in [1.54, 1.807) is 53.4 Å². The van der Waals surface area contributed by atoms with E-state index >= 15 is 0 Å². The van der Waals surface area contributed by atoms with Crippen LogP contribution in [-0.4, -0.2) is 35.7 Å². The highest BCUT2D eigenvalue weighted by Crippen LogP contribution is 2.34. The lowest BCUT2D eigenvalue weighted by Gasteiger charge is -2.31. The van der Waals surface area contributed by atoms with E-state index in [9.17, 15) is 14.4 Å². The van der Waals surface area contributed by atoms with Gasteiger partial charge in [-0.1, -0.05) is 60.7 Å². The molecule has 0 radical (unpaired) electrons. The van der Waals surface area contributed by atoms with Crippen LogP contribution in [0.3, 0.4) is 0 Å². The summed E-state index contributed by atoms with van der Waals surface area (Å²) in [6.07, 6.45) is 5.50. The molecule has 0 aromatic heterocycles. The molecule has 32 heavy (non-hydrogen) atoms. The first-order chi connectivity index (χ1) is 15.4. The number of amides is 3. The second-order valence-electron chi connectivity index (χ2n) is 8.00. The first kappa shape index (κ1) is 22.4. The predicted molar refractivity (Wildman–Crippen MR) is 126 cm³/mol. The van der Waals surface area contributed by atoms with Gasteiger partial charge in [0.15, 0.2) is 0 Å². The predicted octanol–water partition coefficient (Wildman–Crippen LogP) is 5.18. The number of para-hydroxylation sites is 1. The van der Waals surface area contributed by atoms with Gasteiger partial charge < -0.3 is 10.2 Å². The Morgan fingerprint density at radius 3 is 2.44 bits per heavy atom. The average molecular weight is 472 g/mol. The minimum Gasteiger partial charge on any atom is -0.350 e. The highest BCUT2D eigenvalue weighted by molar-refractivity contribution is 6.53. The lowest BCUT2D eigenvalue weighted by Crippen LogP contribution is -2.38. The molecule has 3 amide bonds. The van der Waals surface area contributed by atoms with Crippen LogP contribution in [0.4, 0.5) is 11.4 Å². The van der Waals surface area contributed by atoms with Crippen LogP contribution in [0, 0.1) is 0 Å². The third-order valence-electron chi connectivity index (χ3n) is 5.94. The number of halogens is 2. The van der Waals surface area contributed by atoms with Gasteiger partial charge in [0.2, 0.25) is 0 Å². The Labute approximate surface area is 196 Å². The highest BCUT2D eigenvalue weighted by atomic mass is 35.5. The zero-order valence-electron chi connectivity index (χ0n) is 17.6. The number of hydrogen-bond acceptors (Lipinski definition) is 4. The fourth-order valence-electron chi connectivity index (χ4n) is 4.18. The summed E-state index contributed by atoms with van der Waals surface area (Å²) in [6.45, 7) is 0. The molecule has 0 atom stereocenters. The zero-order valence-corrected chi connectivity index (χ0v) is 19.1. The molecule has 4 rings (SSSR count). The van der Waals surface area contributed by atoms with Crippen LogP contribution in [0.2, 0.25) is 5.02 Å². The van der Waals surface area contributed by atoms with Crippen LogP contribution in [0.25, 0.3) is 0 Å². The first-order valence-corrected chi connectivity index (χ1v) is 11.3. The summed E-state index contributed by atoms with van der Waals surface area (Å²) in [5, 5.41) is 2.96. The van der Waals surface area contributed by atoms with Gasteiger partial charge in [-0.15, -0.1) is 0 Å². The van der Waals surface area contributed by atoms with E-state index in [-0.39, 0.29) is 33.4 Å². The van der Waals surface area contributed by atoms with Crippen molar-refractivity contribution in [1.82, 2.24) is 4.90 Å². The van der Waals surface area contributed by atoms with Gasteiger partial charge in [-0.05, 0) is 43.2 Å². The van der Waals surface area contributed by atoms with Gasteiger partial charge >= 0.3 is 0 Å². The molecule has 8 heteroatoms. The third kappa shape index (κ3) is 4.25. The highest BCUT2D eigenvalue weighted by Gasteiger charge is 2.39. The Kier molecular flexibility index (Phi) is 6.53. The fourth-order valence-corrected chi connectivity index (χ4v) is 4.61. The first-order valence-electron chi connectivity index (χ1n) is 10.6. The van der Waals surface area contributed by atoms with E-state index in [1.165, 1.54) is 6.42 Å². The second-order valence-corrected chi connectivity index (χ2v) is 8.78. The minimum atomic E-state index is -0.656. The molecular formula is C24H23Cl2N3O3. The third-order valence-corrected chi connectivity index (χ3v) is 6.61. The molecule has 0 bridgehead atoms. The summed E-state index contributed by atoms with van der Waals surface area (Å²) >= 11 is 12.4. The van der Waals surface area contributed by atoms with Crippen molar-refractivity contribution in [2.75, 3.05) is 17.3 Å². The van der Waals surface area contributed by atoms with Crippen LogP contribution < -0.4 is 10.2 Å². The molecule has 2 aliphatic rings. The summed E-state index contributed by atoms with van der Waals surface area (Å²) in [4.78, 5) is 41.4. The smallest absolute Gasteiger partial charge is 0.283 e. The van der Waals surface area contributed by atoms with Crippen molar-refractivity contribution < 1.29 is 14.4 Å². The van der Waals surface area contributed by atoms with Gasteiger partial charge in [-0.3, -0.25) is 14.4 Å². The Morgan fingerprint density at radius 2 is 1.72 bits per heavy atom. The number of carbonyl (C=O) groups excluding carboxylic acids is 3. The van der Waals surface area contributed by atoms with Crippen molar-refractivity contribution in [3.63, 3.8) is 0 Å². The number of rotatable bonds is 5. The van der Waals surface area contributed by atoms with Crippen LogP contribution in [-0.2, 0) is 9.59 Å². The molecule has 1 aliphatic carbocycles. The molecule has 1 heterocycles. The van der Waals surface area contributed by atoms with Gasteiger partial charge in [-0.25, -0.2) is 4.90 Å². The molecule has 1 aliphatic heterocycles. The maximum Gasteiger partial charge on any atom is 0.283 e. The lowest BCUT2D eigenvalue weighted by atomic mass is 9.94. The number of nitrogens with zero attached hydrogens (tertiary/aromatic N) is 2. The monoisotopic (exact) mass is 471 g/mol. The lowest BCUT2D eigenvalue weighted by molar-refractivity contribution is -0.120. The number of anilines is 2. The quantitative estimate of drug-likeness (QED) is 0.609. The van der Waals surface area contributed by atoms with Crippen LogP contribution in [0.1, 0.15) is 42.5 Å². The largest absolute Gasteiger partial charge is 0.350 e. The number of hydrogen-bond donors (Lipinski definition) is 1. The number of imide groups is 1. The molecular weight excluding hydrogens is 449 g/mol. The summed E-state index contributed by atoms with van der Waals surface area (Å²) < 4.78 is 0. The minimum absolute atomic E-state index is 0.0539. The molecule has 0 saturated heterocycles. The van der Waals surface area contributed by atoms with Gasteiger partial charge in [0, 0.05) is 24.3 Å². The van der Waals surface area contributed by atoms with E-state index in [0.717, 1.165) is 30.6 Å². The van der Waals surface area contributed by atoms with Crippen LogP contribution >= 0.6 is 23.2 Å². The van der Waals surface area contributed by atoms with E-state index in [0.29, 0.717) is 11.3 Å². The molecule has 1 fully saturated rings. The van der Waals surface area contributed by atoms with E-state index in [2.05, 4.69) is 5.32 Å². The number of benzene rings is 2. The SMILES string of the molecule is CN(C(=O)c1cccc(NC2=C(Cl)C(=O)N(c3ccccc3Cl)C2=O)c1)C1CCCCC1. The Balaban J connectivity index is 1.54. The molecule has 0 spiro atoms. The van der Waals surface area contributed by atoms with E-state index in [1.807, 2.05) is 7.05 Å². The van der Waals surface area contributed by atoms with E-state index in [4.69, 9.17) is 23.2 Å². The molecule has 1 N–H and O–H groups in total. The summed E-state index contributed by atoms with van der Waals surface area (Å²) in [5.41, 5.74) is 1.20. The maximum atomic E-state index is 13.0. The standard InChI is InChI=1S/C24H23Cl2N3O3/c1-28(17-10-3-2-4-11-17)22(30)15-8-7-9-16(14-15)27-21-20(26)23(31)29(24(21)32)19-13-6-5-12-18(19)25/h5-9,12-14,17,27H,2-4,10-11H2,1H3. The van der Waals surface area contributed by atoms with E-state index < -0.39 is 11.8 Å². The van der Waals surface area contributed by atoms with Crippen molar-refractivity contribution in [2.45, 2.75) is 38.1 Å². The van der Waals surface area contributed by atoms with Crippen molar-refractivity contribution in [2.24, 2.45) is 0 Å². The number of nitrogens with one attached hydrogen (secondary N) is 1. The average Bonchev–Trinajstić information content (AvgIpc) is 3.02. The van der Waals surface area contributed by atoms with Crippen molar-refractivity contribution in [3.8, 4) is 0 Å². The molecule has 0 unspecified atom stereocenters. The van der Waals surface area contributed by atoms with Crippen molar-refractivity contribution in [3.05, 3.63) is 69.8 Å².